The van der Waals surface area contributed by atoms with E-state index in [9.17, 15) is 0 Å². The molecule has 0 spiro atoms. The maximum atomic E-state index is 3.69. The van der Waals surface area contributed by atoms with Crippen molar-refractivity contribution in [2.45, 2.75) is 58.4 Å². The third kappa shape index (κ3) is 2.77. The van der Waals surface area contributed by atoms with E-state index in [0.29, 0.717) is 12.0 Å². The van der Waals surface area contributed by atoms with E-state index in [1.807, 2.05) is 0 Å². The van der Waals surface area contributed by atoms with E-state index >= 15 is 0 Å². The lowest BCUT2D eigenvalue weighted by atomic mass is 9.76. The minimum Gasteiger partial charge on any atom is -0.310 e. The van der Waals surface area contributed by atoms with Gasteiger partial charge in [-0.3, -0.25) is 0 Å². The number of nitrogens with one attached hydrogen (secondary N) is 1. The lowest BCUT2D eigenvalue weighted by molar-refractivity contribution is 0.367. The molecule has 2 atom stereocenters. The van der Waals surface area contributed by atoms with Crippen molar-refractivity contribution in [2.24, 2.45) is 5.92 Å². The van der Waals surface area contributed by atoms with Gasteiger partial charge in [-0.25, -0.2) is 0 Å². The van der Waals surface area contributed by atoms with Crippen molar-refractivity contribution < 1.29 is 0 Å². The predicted molar refractivity (Wildman–Crippen MR) is 78.9 cm³/mol. The Morgan fingerprint density at radius 1 is 1.22 bits per heavy atom. The van der Waals surface area contributed by atoms with E-state index in [2.05, 4.69) is 50.4 Å². The van der Waals surface area contributed by atoms with Crippen LogP contribution in [0.25, 0.3) is 0 Å². The smallest absolute Gasteiger partial charge is 0.0348 e. The molecule has 0 aliphatic heterocycles. The summed E-state index contributed by atoms with van der Waals surface area (Å²) in [6.07, 6.45) is 5.41. The second-order valence-electron chi connectivity index (χ2n) is 5.68. The van der Waals surface area contributed by atoms with Crippen LogP contribution in [0.2, 0.25) is 0 Å². The monoisotopic (exact) mass is 245 g/mol. The highest BCUT2D eigenvalue weighted by Gasteiger charge is 2.26. The molecule has 0 saturated heterocycles. The normalized spacial score (nSPS) is 19.3. The molecular formula is C17H27N. The highest BCUT2D eigenvalue weighted by atomic mass is 14.9. The molecule has 2 unspecified atom stereocenters. The predicted octanol–water partition coefficient (Wildman–Crippen LogP) is 4.65. The van der Waals surface area contributed by atoms with Gasteiger partial charge in [0.05, 0.1) is 0 Å². The second kappa shape index (κ2) is 6.38. The molecule has 1 aliphatic rings. The van der Waals surface area contributed by atoms with E-state index < -0.39 is 0 Å². The Kier molecular flexibility index (Phi) is 4.82. The van der Waals surface area contributed by atoms with Gasteiger partial charge in [0.2, 0.25) is 0 Å². The SMILES string of the molecule is CCNC(c1ccccc1C1CCC1)C(C)CC. The zero-order valence-corrected chi connectivity index (χ0v) is 12.1. The molecule has 1 nitrogen and oxygen atoms in total. The van der Waals surface area contributed by atoms with Crippen LogP contribution in [0.5, 0.6) is 0 Å². The minimum absolute atomic E-state index is 0.525. The first kappa shape index (κ1) is 13.6. The molecule has 1 aliphatic carbocycles. The average molecular weight is 245 g/mol. The quantitative estimate of drug-likeness (QED) is 0.769. The number of hydrogen-bond acceptors (Lipinski definition) is 1. The largest absolute Gasteiger partial charge is 0.310 e. The molecule has 1 aromatic carbocycles. The van der Waals surface area contributed by atoms with Crippen LogP contribution in [0, 0.1) is 5.92 Å². The molecule has 1 fully saturated rings. The van der Waals surface area contributed by atoms with Crippen LogP contribution in [0.15, 0.2) is 24.3 Å². The average Bonchev–Trinajstić information content (AvgIpc) is 2.34. The van der Waals surface area contributed by atoms with Crippen molar-refractivity contribution in [3.63, 3.8) is 0 Å². The van der Waals surface area contributed by atoms with Crippen LogP contribution in [0.4, 0.5) is 0 Å². The summed E-state index contributed by atoms with van der Waals surface area (Å²) in [6, 6.07) is 9.62. The Bertz CT molecular complexity index is 368. The van der Waals surface area contributed by atoms with Gasteiger partial charge in [-0.05, 0) is 42.3 Å². The third-order valence-electron chi connectivity index (χ3n) is 4.51. The van der Waals surface area contributed by atoms with Crippen LogP contribution >= 0.6 is 0 Å². The minimum atomic E-state index is 0.525. The molecule has 1 N–H and O–H groups in total. The molecule has 0 heterocycles. The van der Waals surface area contributed by atoms with Gasteiger partial charge in [0, 0.05) is 6.04 Å². The molecule has 1 saturated carbocycles. The summed E-state index contributed by atoms with van der Waals surface area (Å²) in [4.78, 5) is 0. The molecule has 0 radical (unpaired) electrons. The summed E-state index contributed by atoms with van der Waals surface area (Å²) in [6.45, 7) is 7.92. The summed E-state index contributed by atoms with van der Waals surface area (Å²) in [5.74, 6) is 1.53. The third-order valence-corrected chi connectivity index (χ3v) is 4.51. The van der Waals surface area contributed by atoms with Crippen molar-refractivity contribution in [3.8, 4) is 0 Å². The Balaban J connectivity index is 2.27. The Morgan fingerprint density at radius 3 is 2.50 bits per heavy atom. The first-order valence-corrected chi connectivity index (χ1v) is 7.60. The lowest BCUT2D eigenvalue weighted by Gasteiger charge is -2.32. The fourth-order valence-corrected chi connectivity index (χ4v) is 2.96. The number of hydrogen-bond donors (Lipinski definition) is 1. The van der Waals surface area contributed by atoms with Crippen molar-refractivity contribution >= 4 is 0 Å². The van der Waals surface area contributed by atoms with Gasteiger partial charge in [0.1, 0.15) is 0 Å². The van der Waals surface area contributed by atoms with E-state index in [1.54, 1.807) is 11.1 Å². The summed E-state index contributed by atoms with van der Waals surface area (Å²) in [5.41, 5.74) is 3.16. The zero-order chi connectivity index (χ0) is 13.0. The molecule has 1 heteroatoms. The molecule has 2 rings (SSSR count). The number of rotatable bonds is 6. The van der Waals surface area contributed by atoms with Crippen LogP contribution in [-0.2, 0) is 0 Å². The molecule has 0 bridgehead atoms. The molecule has 0 aromatic heterocycles. The van der Waals surface area contributed by atoms with Crippen LogP contribution in [0.1, 0.15) is 69.5 Å². The van der Waals surface area contributed by atoms with Gasteiger partial charge in [-0.15, -0.1) is 0 Å². The number of benzene rings is 1. The molecule has 1 aromatic rings. The molecule has 0 amide bonds. The fourth-order valence-electron chi connectivity index (χ4n) is 2.96. The summed E-state index contributed by atoms with van der Waals surface area (Å²) in [5, 5.41) is 3.69. The maximum absolute atomic E-state index is 3.69. The van der Waals surface area contributed by atoms with Crippen LogP contribution in [-0.4, -0.2) is 6.54 Å². The van der Waals surface area contributed by atoms with E-state index in [-0.39, 0.29) is 0 Å². The summed E-state index contributed by atoms with van der Waals surface area (Å²) in [7, 11) is 0. The highest BCUT2D eigenvalue weighted by molar-refractivity contribution is 5.34. The van der Waals surface area contributed by atoms with Crippen molar-refractivity contribution in [1.82, 2.24) is 5.32 Å². The van der Waals surface area contributed by atoms with Gasteiger partial charge in [-0.1, -0.05) is 57.9 Å². The molecule has 18 heavy (non-hydrogen) atoms. The van der Waals surface area contributed by atoms with Gasteiger partial charge >= 0.3 is 0 Å². The van der Waals surface area contributed by atoms with Crippen molar-refractivity contribution in [2.75, 3.05) is 6.54 Å². The van der Waals surface area contributed by atoms with E-state index in [4.69, 9.17) is 0 Å². The van der Waals surface area contributed by atoms with E-state index in [0.717, 1.165) is 12.5 Å². The Labute approximate surface area is 112 Å². The Hall–Kier alpha value is -0.820. The van der Waals surface area contributed by atoms with Crippen LogP contribution in [0.3, 0.4) is 0 Å². The summed E-state index contributed by atoms with van der Waals surface area (Å²) >= 11 is 0. The van der Waals surface area contributed by atoms with Crippen LogP contribution < -0.4 is 5.32 Å². The standard InChI is InChI=1S/C17H27N/c1-4-13(3)17(18-5-2)16-12-7-6-11-15(16)14-9-8-10-14/h6-7,11-14,17-18H,4-5,8-10H2,1-3H3. The van der Waals surface area contributed by atoms with Crippen molar-refractivity contribution in [1.29, 1.82) is 0 Å². The molecule has 100 valence electrons. The summed E-state index contributed by atoms with van der Waals surface area (Å²) < 4.78 is 0. The first-order valence-electron chi connectivity index (χ1n) is 7.60. The Morgan fingerprint density at radius 2 is 1.94 bits per heavy atom. The fraction of sp³-hybridized carbons (Fsp3) is 0.647. The van der Waals surface area contributed by atoms with Crippen molar-refractivity contribution in [3.05, 3.63) is 35.4 Å². The molecular weight excluding hydrogens is 218 g/mol. The van der Waals surface area contributed by atoms with Gasteiger partial charge in [0.25, 0.3) is 0 Å². The highest BCUT2D eigenvalue weighted by Crippen LogP contribution is 2.40. The maximum Gasteiger partial charge on any atom is 0.0348 e. The lowest BCUT2D eigenvalue weighted by Crippen LogP contribution is -2.28. The van der Waals surface area contributed by atoms with Gasteiger partial charge in [0.15, 0.2) is 0 Å². The van der Waals surface area contributed by atoms with E-state index in [1.165, 1.54) is 25.7 Å². The second-order valence-corrected chi connectivity index (χ2v) is 5.68. The first-order chi connectivity index (χ1) is 8.77. The topological polar surface area (TPSA) is 12.0 Å². The van der Waals surface area contributed by atoms with Gasteiger partial charge in [-0.2, -0.15) is 0 Å². The zero-order valence-electron chi connectivity index (χ0n) is 12.1. The van der Waals surface area contributed by atoms with Gasteiger partial charge < -0.3 is 5.32 Å².